The van der Waals surface area contributed by atoms with Gasteiger partial charge in [-0.15, -0.1) is 0 Å². The Morgan fingerprint density at radius 3 is 2.69 bits per heavy atom. The molecule has 1 aliphatic rings. The molecule has 0 radical (unpaired) electrons. The monoisotopic (exact) mass is 437 g/mol. The number of pyridine rings is 2. The first-order valence-corrected chi connectivity index (χ1v) is 10.5. The molecule has 4 rings (SSSR count). The zero-order chi connectivity index (χ0) is 22.9. The second kappa shape index (κ2) is 8.45. The number of anilines is 1. The van der Waals surface area contributed by atoms with E-state index in [0.29, 0.717) is 25.5 Å². The standard InChI is InChI=1S/C22H27N7O3/c1-14-7-17(5-6-23-14)29-18-11-24-19(8-16(18)10-26-29)27-20(30)25-9-15-12-28(13-15)21(31)32-22(2,3)4/h5-8,10-11,15H,9,12-13H2,1-4H3,(H2,24,25,27,30). The van der Waals surface area contributed by atoms with Gasteiger partial charge in [0.2, 0.25) is 0 Å². The summed E-state index contributed by atoms with van der Waals surface area (Å²) in [6, 6.07) is 5.25. The van der Waals surface area contributed by atoms with Crippen molar-refractivity contribution in [1.29, 1.82) is 0 Å². The van der Waals surface area contributed by atoms with Crippen LogP contribution in [-0.4, -0.2) is 62.0 Å². The number of ether oxygens (including phenoxy) is 1. The van der Waals surface area contributed by atoms with E-state index in [1.54, 1.807) is 34.2 Å². The predicted octanol–water partition coefficient (Wildman–Crippen LogP) is 3.11. The molecule has 2 N–H and O–H groups in total. The van der Waals surface area contributed by atoms with Crippen LogP contribution < -0.4 is 10.6 Å². The summed E-state index contributed by atoms with van der Waals surface area (Å²) < 4.78 is 7.12. The number of carbonyl (C=O) groups is 2. The molecule has 3 amide bonds. The molecular weight excluding hydrogens is 410 g/mol. The Hall–Kier alpha value is -3.69. The average Bonchev–Trinajstić information content (AvgIpc) is 3.08. The van der Waals surface area contributed by atoms with Gasteiger partial charge in [0.25, 0.3) is 0 Å². The molecule has 4 heterocycles. The molecule has 0 spiro atoms. The third-order valence-electron chi connectivity index (χ3n) is 4.98. The van der Waals surface area contributed by atoms with E-state index in [1.165, 1.54) is 0 Å². The Balaban J connectivity index is 1.29. The van der Waals surface area contributed by atoms with E-state index in [9.17, 15) is 9.59 Å². The summed E-state index contributed by atoms with van der Waals surface area (Å²) in [7, 11) is 0. The zero-order valence-electron chi connectivity index (χ0n) is 18.6. The van der Waals surface area contributed by atoms with Crippen molar-refractivity contribution < 1.29 is 14.3 Å². The molecule has 32 heavy (non-hydrogen) atoms. The molecule has 0 bridgehead atoms. The van der Waals surface area contributed by atoms with Crippen LogP contribution >= 0.6 is 0 Å². The average molecular weight is 438 g/mol. The molecule has 0 unspecified atom stereocenters. The summed E-state index contributed by atoms with van der Waals surface area (Å²) in [5.41, 5.74) is 2.11. The quantitative estimate of drug-likeness (QED) is 0.648. The molecule has 168 valence electrons. The number of fused-ring (bicyclic) bond motifs is 1. The maximum absolute atomic E-state index is 12.3. The van der Waals surface area contributed by atoms with Gasteiger partial charge in [-0.1, -0.05) is 0 Å². The number of hydrogen-bond acceptors (Lipinski definition) is 6. The third-order valence-corrected chi connectivity index (χ3v) is 4.98. The second-order valence-electron chi connectivity index (χ2n) is 8.93. The number of aromatic nitrogens is 4. The van der Waals surface area contributed by atoms with Gasteiger partial charge in [0.1, 0.15) is 11.4 Å². The van der Waals surface area contributed by atoms with E-state index in [1.807, 2.05) is 39.8 Å². The van der Waals surface area contributed by atoms with Crippen molar-refractivity contribution in [1.82, 2.24) is 30.0 Å². The topological polar surface area (TPSA) is 114 Å². The van der Waals surface area contributed by atoms with Gasteiger partial charge in [0, 0.05) is 42.8 Å². The fourth-order valence-electron chi connectivity index (χ4n) is 3.43. The van der Waals surface area contributed by atoms with Crippen LogP contribution in [0.5, 0.6) is 0 Å². The lowest BCUT2D eigenvalue weighted by molar-refractivity contribution is -0.000315. The molecule has 0 aromatic carbocycles. The van der Waals surface area contributed by atoms with Crippen molar-refractivity contribution in [2.24, 2.45) is 5.92 Å². The summed E-state index contributed by atoms with van der Waals surface area (Å²) in [6.45, 7) is 9.03. The normalized spacial score (nSPS) is 14.2. The SMILES string of the molecule is Cc1cc(-n2ncc3cc(NC(=O)NCC4CN(C(=O)OC(C)(C)C)C4)ncc32)ccn1. The molecule has 0 aliphatic carbocycles. The minimum atomic E-state index is -0.512. The van der Waals surface area contributed by atoms with Crippen LogP contribution in [0.1, 0.15) is 26.5 Å². The first-order chi connectivity index (χ1) is 15.2. The number of urea groups is 1. The van der Waals surface area contributed by atoms with Crippen LogP contribution in [0.15, 0.2) is 36.8 Å². The van der Waals surface area contributed by atoms with E-state index in [4.69, 9.17) is 4.74 Å². The molecule has 1 fully saturated rings. The van der Waals surface area contributed by atoms with Gasteiger partial charge in [-0.25, -0.2) is 19.3 Å². The van der Waals surface area contributed by atoms with E-state index in [0.717, 1.165) is 22.3 Å². The molecule has 3 aromatic rings. The molecule has 0 saturated carbocycles. The minimum absolute atomic E-state index is 0.200. The molecular formula is C22H27N7O3. The maximum atomic E-state index is 12.3. The van der Waals surface area contributed by atoms with Crippen molar-refractivity contribution >= 4 is 28.8 Å². The first-order valence-electron chi connectivity index (χ1n) is 10.5. The number of nitrogens with zero attached hydrogens (tertiary/aromatic N) is 5. The van der Waals surface area contributed by atoms with Gasteiger partial charge >= 0.3 is 12.1 Å². The van der Waals surface area contributed by atoms with Crippen LogP contribution in [0.25, 0.3) is 16.6 Å². The van der Waals surface area contributed by atoms with Crippen molar-refractivity contribution in [2.75, 3.05) is 25.0 Å². The van der Waals surface area contributed by atoms with Crippen LogP contribution in [0, 0.1) is 12.8 Å². The van der Waals surface area contributed by atoms with Crippen LogP contribution in [-0.2, 0) is 4.74 Å². The number of nitrogens with one attached hydrogen (secondary N) is 2. The number of carbonyl (C=O) groups excluding carboxylic acids is 2. The van der Waals surface area contributed by atoms with Gasteiger partial charge in [0.15, 0.2) is 0 Å². The molecule has 1 saturated heterocycles. The molecule has 0 atom stereocenters. The largest absolute Gasteiger partial charge is 0.444 e. The lowest BCUT2D eigenvalue weighted by Gasteiger charge is -2.39. The van der Waals surface area contributed by atoms with Gasteiger partial charge in [-0.3, -0.25) is 10.3 Å². The molecule has 3 aromatic heterocycles. The third kappa shape index (κ3) is 4.96. The Morgan fingerprint density at radius 1 is 1.19 bits per heavy atom. The summed E-state index contributed by atoms with van der Waals surface area (Å²) in [4.78, 5) is 34.4. The molecule has 1 aliphatic heterocycles. The highest BCUT2D eigenvalue weighted by atomic mass is 16.6. The van der Waals surface area contributed by atoms with Crippen molar-refractivity contribution in [3.05, 3.63) is 42.5 Å². The van der Waals surface area contributed by atoms with Gasteiger partial charge in [-0.05, 0) is 45.9 Å². The van der Waals surface area contributed by atoms with Crippen molar-refractivity contribution in [3.8, 4) is 5.69 Å². The number of likely N-dealkylation sites (tertiary alicyclic amines) is 1. The zero-order valence-corrected chi connectivity index (χ0v) is 18.6. The highest BCUT2D eigenvalue weighted by Gasteiger charge is 2.33. The van der Waals surface area contributed by atoms with Crippen LogP contribution in [0.3, 0.4) is 0 Å². The molecule has 10 heteroatoms. The number of aryl methyl sites for hydroxylation is 1. The van der Waals surface area contributed by atoms with Gasteiger partial charge < -0.3 is 15.0 Å². The van der Waals surface area contributed by atoms with E-state index in [-0.39, 0.29) is 18.0 Å². The van der Waals surface area contributed by atoms with Crippen molar-refractivity contribution in [2.45, 2.75) is 33.3 Å². The number of amides is 3. The van der Waals surface area contributed by atoms with E-state index < -0.39 is 5.60 Å². The van der Waals surface area contributed by atoms with Gasteiger partial charge in [0.05, 0.1) is 23.6 Å². The minimum Gasteiger partial charge on any atom is -0.444 e. The smallest absolute Gasteiger partial charge is 0.410 e. The fourth-order valence-corrected chi connectivity index (χ4v) is 3.43. The fraction of sp³-hybridized carbons (Fsp3) is 0.409. The van der Waals surface area contributed by atoms with E-state index in [2.05, 4.69) is 25.7 Å². The number of rotatable bonds is 4. The Bertz CT molecular complexity index is 1150. The first kappa shape index (κ1) is 21.5. The van der Waals surface area contributed by atoms with Crippen LogP contribution in [0.4, 0.5) is 15.4 Å². The highest BCUT2D eigenvalue weighted by molar-refractivity contribution is 5.91. The van der Waals surface area contributed by atoms with E-state index >= 15 is 0 Å². The summed E-state index contributed by atoms with van der Waals surface area (Å²) in [6.07, 6.45) is 4.83. The Labute approximate surface area is 186 Å². The predicted molar refractivity (Wildman–Crippen MR) is 120 cm³/mol. The lowest BCUT2D eigenvalue weighted by atomic mass is 10.0. The highest BCUT2D eigenvalue weighted by Crippen LogP contribution is 2.21. The Kier molecular flexibility index (Phi) is 5.68. The summed E-state index contributed by atoms with van der Waals surface area (Å²) >= 11 is 0. The number of hydrogen-bond donors (Lipinski definition) is 2. The Morgan fingerprint density at radius 2 is 1.97 bits per heavy atom. The molecule has 10 nitrogen and oxygen atoms in total. The summed E-state index contributed by atoms with van der Waals surface area (Å²) in [5.74, 6) is 0.634. The summed E-state index contributed by atoms with van der Waals surface area (Å²) in [5, 5.41) is 10.9. The lowest BCUT2D eigenvalue weighted by Crippen LogP contribution is -2.55. The van der Waals surface area contributed by atoms with Crippen LogP contribution in [0.2, 0.25) is 0 Å². The van der Waals surface area contributed by atoms with Crippen molar-refractivity contribution in [3.63, 3.8) is 0 Å². The maximum Gasteiger partial charge on any atom is 0.410 e. The van der Waals surface area contributed by atoms with Gasteiger partial charge in [-0.2, -0.15) is 5.10 Å². The second-order valence-corrected chi connectivity index (χ2v) is 8.93.